The summed E-state index contributed by atoms with van der Waals surface area (Å²) in [5, 5.41) is 7.60. The first kappa shape index (κ1) is 14.7. The number of carbonyl (C=O) groups is 1. The van der Waals surface area contributed by atoms with E-state index < -0.39 is 0 Å². The van der Waals surface area contributed by atoms with E-state index in [1.165, 1.54) is 6.42 Å². The minimum absolute atomic E-state index is 0.232. The number of likely N-dealkylation sites (tertiary alicyclic amines) is 1. The highest BCUT2D eigenvalue weighted by molar-refractivity contribution is 5.77. The molecule has 1 saturated heterocycles. The van der Waals surface area contributed by atoms with Crippen LogP contribution in [0.1, 0.15) is 38.3 Å². The number of nitrogens with one attached hydrogen (secondary N) is 1. The molecule has 112 valence electrons. The fourth-order valence-electron chi connectivity index (χ4n) is 2.60. The fraction of sp³-hybridized carbons (Fsp3) is 0.714. The number of amides is 1. The van der Waals surface area contributed by atoms with Gasteiger partial charge in [-0.15, -0.1) is 0 Å². The molecule has 1 aromatic heterocycles. The highest BCUT2D eigenvalue weighted by Crippen LogP contribution is 2.22. The SMILES string of the molecule is CCn1nc(C)c(N)c1NCCC(=O)N1CCCCC1. The quantitative estimate of drug-likeness (QED) is 0.858. The maximum absolute atomic E-state index is 12.1. The smallest absolute Gasteiger partial charge is 0.224 e. The fourth-order valence-corrected chi connectivity index (χ4v) is 2.60. The third kappa shape index (κ3) is 3.23. The first-order valence-electron chi connectivity index (χ1n) is 7.48. The van der Waals surface area contributed by atoms with Gasteiger partial charge in [-0.2, -0.15) is 5.10 Å². The highest BCUT2D eigenvalue weighted by atomic mass is 16.2. The molecule has 0 spiro atoms. The third-order valence-electron chi connectivity index (χ3n) is 3.81. The number of anilines is 2. The summed E-state index contributed by atoms with van der Waals surface area (Å²) in [6.07, 6.45) is 4.02. The lowest BCUT2D eigenvalue weighted by atomic mass is 10.1. The summed E-state index contributed by atoms with van der Waals surface area (Å²) in [6, 6.07) is 0. The first-order valence-corrected chi connectivity index (χ1v) is 7.48. The van der Waals surface area contributed by atoms with Crippen molar-refractivity contribution >= 4 is 17.4 Å². The predicted octanol–water partition coefficient (Wildman–Crippen LogP) is 1.61. The van der Waals surface area contributed by atoms with Gasteiger partial charge in [0.05, 0.1) is 11.4 Å². The average Bonchev–Trinajstić information content (AvgIpc) is 2.75. The number of nitrogens with zero attached hydrogens (tertiary/aromatic N) is 3. The molecule has 0 aliphatic carbocycles. The second-order valence-corrected chi connectivity index (χ2v) is 5.28. The van der Waals surface area contributed by atoms with E-state index in [2.05, 4.69) is 10.4 Å². The number of hydrogen-bond acceptors (Lipinski definition) is 4. The molecule has 0 radical (unpaired) electrons. The van der Waals surface area contributed by atoms with Crippen molar-refractivity contribution in [3.63, 3.8) is 0 Å². The van der Waals surface area contributed by atoms with E-state index in [0.717, 1.165) is 44.0 Å². The van der Waals surface area contributed by atoms with Crippen molar-refractivity contribution in [2.75, 3.05) is 30.7 Å². The van der Waals surface area contributed by atoms with E-state index in [4.69, 9.17) is 5.73 Å². The van der Waals surface area contributed by atoms with Crippen molar-refractivity contribution in [3.8, 4) is 0 Å². The molecule has 0 saturated carbocycles. The topological polar surface area (TPSA) is 76.2 Å². The molecule has 1 fully saturated rings. The zero-order valence-electron chi connectivity index (χ0n) is 12.5. The van der Waals surface area contributed by atoms with Gasteiger partial charge in [-0.05, 0) is 33.1 Å². The summed E-state index contributed by atoms with van der Waals surface area (Å²) in [4.78, 5) is 14.0. The van der Waals surface area contributed by atoms with Gasteiger partial charge in [0, 0.05) is 32.6 Å². The predicted molar refractivity (Wildman–Crippen MR) is 80.6 cm³/mol. The monoisotopic (exact) mass is 279 g/mol. The number of aryl methyl sites for hydroxylation is 2. The van der Waals surface area contributed by atoms with Crippen LogP contribution in [0, 0.1) is 6.92 Å². The molecule has 6 nitrogen and oxygen atoms in total. The van der Waals surface area contributed by atoms with Crippen molar-refractivity contribution in [2.45, 2.75) is 46.1 Å². The largest absolute Gasteiger partial charge is 0.394 e. The van der Waals surface area contributed by atoms with Gasteiger partial charge in [-0.3, -0.25) is 4.79 Å². The van der Waals surface area contributed by atoms with Crippen LogP contribution < -0.4 is 11.1 Å². The maximum Gasteiger partial charge on any atom is 0.224 e. The van der Waals surface area contributed by atoms with Crippen molar-refractivity contribution in [3.05, 3.63) is 5.69 Å². The van der Waals surface area contributed by atoms with Gasteiger partial charge in [0.2, 0.25) is 5.91 Å². The third-order valence-corrected chi connectivity index (χ3v) is 3.81. The van der Waals surface area contributed by atoms with Gasteiger partial charge < -0.3 is 16.0 Å². The molecule has 3 N–H and O–H groups in total. The maximum atomic E-state index is 12.1. The number of rotatable bonds is 5. The van der Waals surface area contributed by atoms with E-state index in [0.29, 0.717) is 18.7 Å². The van der Waals surface area contributed by atoms with Crippen molar-refractivity contribution in [1.29, 1.82) is 0 Å². The summed E-state index contributed by atoms with van der Waals surface area (Å²) >= 11 is 0. The normalized spacial score (nSPS) is 15.4. The zero-order chi connectivity index (χ0) is 14.5. The van der Waals surface area contributed by atoms with Gasteiger partial charge in [-0.1, -0.05) is 0 Å². The molecule has 1 aliphatic rings. The van der Waals surface area contributed by atoms with Crippen molar-refractivity contribution < 1.29 is 4.79 Å². The highest BCUT2D eigenvalue weighted by Gasteiger charge is 2.16. The number of piperidine rings is 1. The number of hydrogen-bond donors (Lipinski definition) is 2. The molecule has 1 aromatic rings. The number of nitrogen functional groups attached to an aromatic ring is 1. The summed E-state index contributed by atoms with van der Waals surface area (Å²) < 4.78 is 1.84. The molecule has 20 heavy (non-hydrogen) atoms. The Morgan fingerprint density at radius 1 is 1.35 bits per heavy atom. The molecular formula is C14H25N5O. The van der Waals surface area contributed by atoms with Crippen LogP contribution in [-0.4, -0.2) is 40.2 Å². The molecule has 1 aliphatic heterocycles. The Kier molecular flexibility index (Phi) is 4.87. The van der Waals surface area contributed by atoms with E-state index in [9.17, 15) is 4.79 Å². The molecule has 2 rings (SSSR count). The van der Waals surface area contributed by atoms with Gasteiger partial charge in [0.15, 0.2) is 0 Å². The van der Waals surface area contributed by atoms with Gasteiger partial charge in [0.25, 0.3) is 0 Å². The van der Waals surface area contributed by atoms with Crippen LogP contribution in [0.3, 0.4) is 0 Å². The lowest BCUT2D eigenvalue weighted by Gasteiger charge is -2.26. The lowest BCUT2D eigenvalue weighted by molar-refractivity contribution is -0.131. The summed E-state index contributed by atoms with van der Waals surface area (Å²) in [5.74, 6) is 1.06. The van der Waals surface area contributed by atoms with Crippen LogP contribution in [0.5, 0.6) is 0 Å². The van der Waals surface area contributed by atoms with E-state index in [1.807, 2.05) is 23.4 Å². The Morgan fingerprint density at radius 2 is 2.05 bits per heavy atom. The van der Waals surface area contributed by atoms with Crippen LogP contribution in [0.4, 0.5) is 11.5 Å². The molecule has 0 unspecified atom stereocenters. The number of aromatic nitrogens is 2. The molecule has 1 amide bonds. The Labute approximate surface area is 120 Å². The van der Waals surface area contributed by atoms with Crippen LogP contribution >= 0.6 is 0 Å². The standard InChI is InChI=1S/C14H25N5O/c1-3-19-14(13(15)11(2)17-19)16-8-7-12(20)18-9-5-4-6-10-18/h16H,3-10,15H2,1-2H3. The summed E-state index contributed by atoms with van der Waals surface area (Å²) in [7, 11) is 0. The van der Waals surface area contributed by atoms with Crippen molar-refractivity contribution in [1.82, 2.24) is 14.7 Å². The molecule has 6 heteroatoms. The summed E-state index contributed by atoms with van der Waals surface area (Å²) in [5.41, 5.74) is 7.51. The first-order chi connectivity index (χ1) is 9.63. The lowest BCUT2D eigenvalue weighted by Crippen LogP contribution is -2.36. The molecule has 0 bridgehead atoms. The zero-order valence-corrected chi connectivity index (χ0v) is 12.5. The number of carbonyl (C=O) groups excluding carboxylic acids is 1. The molecule has 2 heterocycles. The average molecular weight is 279 g/mol. The van der Waals surface area contributed by atoms with E-state index in [-0.39, 0.29) is 5.91 Å². The van der Waals surface area contributed by atoms with Gasteiger partial charge in [-0.25, -0.2) is 4.68 Å². The summed E-state index contributed by atoms with van der Waals surface area (Å²) in [6.45, 7) is 7.10. The minimum Gasteiger partial charge on any atom is -0.394 e. The Hall–Kier alpha value is -1.72. The van der Waals surface area contributed by atoms with Gasteiger partial charge >= 0.3 is 0 Å². The van der Waals surface area contributed by atoms with E-state index in [1.54, 1.807) is 0 Å². The van der Waals surface area contributed by atoms with Crippen LogP contribution in [-0.2, 0) is 11.3 Å². The van der Waals surface area contributed by atoms with Crippen LogP contribution in [0.2, 0.25) is 0 Å². The Balaban J connectivity index is 1.85. The minimum atomic E-state index is 0.232. The Morgan fingerprint density at radius 3 is 2.70 bits per heavy atom. The second-order valence-electron chi connectivity index (χ2n) is 5.28. The molecule has 0 aromatic carbocycles. The molecule has 0 atom stereocenters. The van der Waals surface area contributed by atoms with Crippen LogP contribution in [0.15, 0.2) is 0 Å². The van der Waals surface area contributed by atoms with Crippen molar-refractivity contribution in [2.24, 2.45) is 0 Å². The number of nitrogens with two attached hydrogens (primary N) is 1. The van der Waals surface area contributed by atoms with E-state index >= 15 is 0 Å². The molecular weight excluding hydrogens is 254 g/mol. The second kappa shape index (κ2) is 6.63. The van der Waals surface area contributed by atoms with Gasteiger partial charge in [0.1, 0.15) is 5.82 Å². The van der Waals surface area contributed by atoms with Crippen LogP contribution in [0.25, 0.3) is 0 Å². The Bertz CT molecular complexity index is 462.